The van der Waals surface area contributed by atoms with Gasteiger partial charge in [-0.05, 0) is 44.9 Å². The summed E-state index contributed by atoms with van der Waals surface area (Å²) in [6.45, 7) is 4.78. The summed E-state index contributed by atoms with van der Waals surface area (Å²) < 4.78 is 0. The number of benzene rings is 1. The number of aliphatic hydroxyl groups excluding tert-OH is 1. The molecule has 0 aliphatic heterocycles. The number of amides is 2. The van der Waals surface area contributed by atoms with E-state index in [1.54, 1.807) is 0 Å². The van der Waals surface area contributed by atoms with Crippen molar-refractivity contribution in [1.82, 2.24) is 5.32 Å². The maximum Gasteiger partial charge on any atom is 0.319 e. The number of hydrogen-bond donors (Lipinski definition) is 3. The Morgan fingerprint density at radius 1 is 1.41 bits per heavy atom. The monoisotopic (exact) mass is 305 g/mol. The Morgan fingerprint density at radius 3 is 2.82 bits per heavy atom. The number of nitrogens with one attached hydrogen (secondary N) is 2. The molecule has 0 heterocycles. The van der Waals surface area contributed by atoms with Crippen molar-refractivity contribution < 1.29 is 9.90 Å². The minimum Gasteiger partial charge on any atom is -0.393 e. The van der Waals surface area contributed by atoms with Gasteiger partial charge in [-0.15, -0.1) is 0 Å². The number of anilines is 2. The van der Waals surface area contributed by atoms with Gasteiger partial charge in [-0.3, -0.25) is 0 Å². The minimum absolute atomic E-state index is 0.184. The lowest BCUT2D eigenvalue weighted by atomic mass is 10.1. The zero-order valence-electron chi connectivity index (χ0n) is 13.7. The van der Waals surface area contributed by atoms with Crippen molar-refractivity contribution in [3.8, 4) is 0 Å². The molecule has 1 aliphatic rings. The van der Waals surface area contributed by atoms with Crippen molar-refractivity contribution in [2.75, 3.05) is 23.8 Å². The Kier molecular flexibility index (Phi) is 5.66. The summed E-state index contributed by atoms with van der Waals surface area (Å²) in [5, 5.41) is 15.5. The first kappa shape index (κ1) is 16.6. The highest BCUT2D eigenvalue weighted by molar-refractivity contribution is 5.89. The molecule has 1 aromatic carbocycles. The topological polar surface area (TPSA) is 64.6 Å². The summed E-state index contributed by atoms with van der Waals surface area (Å²) >= 11 is 0. The van der Waals surface area contributed by atoms with E-state index in [-0.39, 0.29) is 18.1 Å². The van der Waals surface area contributed by atoms with Crippen LogP contribution in [-0.2, 0) is 0 Å². The number of carbonyl (C=O) groups excluding carboxylic acids is 1. The number of rotatable bonds is 5. The quantitative estimate of drug-likeness (QED) is 0.784. The predicted octanol–water partition coefficient (Wildman–Crippen LogP) is 2.81. The van der Waals surface area contributed by atoms with Crippen LogP contribution in [0.25, 0.3) is 0 Å². The largest absolute Gasteiger partial charge is 0.393 e. The highest BCUT2D eigenvalue weighted by Gasteiger charge is 2.25. The lowest BCUT2D eigenvalue weighted by molar-refractivity contribution is 0.133. The fourth-order valence-corrected chi connectivity index (χ4v) is 2.76. The first-order valence-electron chi connectivity index (χ1n) is 8.03. The highest BCUT2D eigenvalue weighted by atomic mass is 16.3. The van der Waals surface area contributed by atoms with Gasteiger partial charge in [-0.1, -0.05) is 12.5 Å². The number of nitrogens with zero attached hydrogens (tertiary/aromatic N) is 1. The van der Waals surface area contributed by atoms with Gasteiger partial charge in [-0.25, -0.2) is 4.79 Å². The molecule has 1 aromatic rings. The molecule has 2 amide bonds. The van der Waals surface area contributed by atoms with Crippen LogP contribution in [-0.4, -0.2) is 36.9 Å². The molecule has 122 valence electrons. The van der Waals surface area contributed by atoms with E-state index in [2.05, 4.69) is 29.4 Å². The molecule has 22 heavy (non-hydrogen) atoms. The van der Waals surface area contributed by atoms with Crippen LogP contribution in [0.5, 0.6) is 0 Å². The van der Waals surface area contributed by atoms with E-state index in [4.69, 9.17) is 0 Å². The molecular formula is C17H27N3O2. The molecule has 0 saturated heterocycles. The SMILES string of the molecule is CC(C)N(C)c1cccc(NC(=O)NC[C@@H]2CCC[C@@H]2O)c1. The van der Waals surface area contributed by atoms with E-state index < -0.39 is 0 Å². The molecule has 1 aliphatic carbocycles. The molecule has 0 spiro atoms. The average molecular weight is 305 g/mol. The van der Waals surface area contributed by atoms with Gasteiger partial charge < -0.3 is 20.6 Å². The van der Waals surface area contributed by atoms with Crippen LogP contribution in [0.15, 0.2) is 24.3 Å². The second kappa shape index (κ2) is 7.49. The van der Waals surface area contributed by atoms with Crippen molar-refractivity contribution in [3.05, 3.63) is 24.3 Å². The molecule has 0 unspecified atom stereocenters. The molecule has 2 rings (SSSR count). The standard InChI is InChI=1S/C17H27N3O2/c1-12(2)20(3)15-8-5-7-14(10-15)19-17(22)18-11-13-6-4-9-16(13)21/h5,7-8,10,12-13,16,21H,4,6,9,11H2,1-3H3,(H2,18,19,22)/t13-,16-/m0/s1. The van der Waals surface area contributed by atoms with E-state index in [1.165, 1.54) is 0 Å². The molecule has 5 heteroatoms. The molecule has 3 N–H and O–H groups in total. The summed E-state index contributed by atoms with van der Waals surface area (Å²) in [7, 11) is 2.03. The average Bonchev–Trinajstić information content (AvgIpc) is 2.90. The van der Waals surface area contributed by atoms with Gasteiger partial charge in [0.05, 0.1) is 6.10 Å². The third-order valence-corrected chi connectivity index (χ3v) is 4.43. The van der Waals surface area contributed by atoms with Crippen molar-refractivity contribution in [2.45, 2.75) is 45.3 Å². The van der Waals surface area contributed by atoms with Crippen molar-refractivity contribution in [1.29, 1.82) is 0 Å². The van der Waals surface area contributed by atoms with Crippen LogP contribution >= 0.6 is 0 Å². The fraction of sp³-hybridized carbons (Fsp3) is 0.588. The summed E-state index contributed by atoms with van der Waals surface area (Å²) in [5.74, 6) is 0.184. The predicted molar refractivity (Wildman–Crippen MR) is 90.4 cm³/mol. The summed E-state index contributed by atoms with van der Waals surface area (Å²) in [6.07, 6.45) is 2.59. The van der Waals surface area contributed by atoms with Gasteiger partial charge in [0.2, 0.25) is 0 Å². The summed E-state index contributed by atoms with van der Waals surface area (Å²) in [4.78, 5) is 14.1. The van der Waals surface area contributed by atoms with Crippen LogP contribution in [0, 0.1) is 5.92 Å². The third kappa shape index (κ3) is 4.37. The molecule has 1 saturated carbocycles. The Morgan fingerprint density at radius 2 is 2.18 bits per heavy atom. The fourth-order valence-electron chi connectivity index (χ4n) is 2.76. The zero-order chi connectivity index (χ0) is 16.1. The van der Waals surface area contributed by atoms with Crippen LogP contribution in [0.4, 0.5) is 16.2 Å². The molecule has 0 aromatic heterocycles. The van der Waals surface area contributed by atoms with E-state index in [0.717, 1.165) is 30.6 Å². The maximum atomic E-state index is 12.0. The minimum atomic E-state index is -0.275. The van der Waals surface area contributed by atoms with Crippen LogP contribution in [0.3, 0.4) is 0 Å². The van der Waals surface area contributed by atoms with E-state index in [0.29, 0.717) is 12.6 Å². The molecule has 0 radical (unpaired) electrons. The number of aliphatic hydroxyl groups is 1. The summed E-state index contributed by atoms with van der Waals surface area (Å²) in [5.41, 5.74) is 1.84. The number of carbonyl (C=O) groups is 1. The van der Waals surface area contributed by atoms with Gasteiger partial charge in [0.15, 0.2) is 0 Å². The summed E-state index contributed by atoms with van der Waals surface area (Å²) in [6, 6.07) is 7.98. The molecule has 0 bridgehead atoms. The Balaban J connectivity index is 1.87. The van der Waals surface area contributed by atoms with Crippen molar-refractivity contribution in [3.63, 3.8) is 0 Å². The van der Waals surface area contributed by atoms with Crippen LogP contribution in [0.2, 0.25) is 0 Å². The highest BCUT2D eigenvalue weighted by Crippen LogP contribution is 2.24. The number of hydrogen-bond acceptors (Lipinski definition) is 3. The first-order valence-corrected chi connectivity index (χ1v) is 8.03. The number of urea groups is 1. The molecule has 5 nitrogen and oxygen atoms in total. The molecular weight excluding hydrogens is 278 g/mol. The molecule has 1 fully saturated rings. The Hall–Kier alpha value is -1.75. The Bertz CT molecular complexity index is 504. The van der Waals surface area contributed by atoms with Crippen LogP contribution < -0.4 is 15.5 Å². The maximum absolute atomic E-state index is 12.0. The lowest BCUT2D eigenvalue weighted by Gasteiger charge is -2.24. The van der Waals surface area contributed by atoms with E-state index in [9.17, 15) is 9.90 Å². The van der Waals surface area contributed by atoms with Gasteiger partial charge in [0, 0.05) is 36.9 Å². The Labute approximate surface area is 132 Å². The van der Waals surface area contributed by atoms with E-state index in [1.807, 2.05) is 31.3 Å². The molecule has 2 atom stereocenters. The van der Waals surface area contributed by atoms with Crippen LogP contribution in [0.1, 0.15) is 33.1 Å². The van der Waals surface area contributed by atoms with Crippen molar-refractivity contribution in [2.24, 2.45) is 5.92 Å². The second-order valence-electron chi connectivity index (χ2n) is 6.35. The zero-order valence-corrected chi connectivity index (χ0v) is 13.7. The van der Waals surface area contributed by atoms with E-state index >= 15 is 0 Å². The van der Waals surface area contributed by atoms with Gasteiger partial charge in [0.1, 0.15) is 0 Å². The lowest BCUT2D eigenvalue weighted by Crippen LogP contribution is -2.35. The van der Waals surface area contributed by atoms with Gasteiger partial charge in [-0.2, -0.15) is 0 Å². The first-order chi connectivity index (χ1) is 10.5. The second-order valence-corrected chi connectivity index (χ2v) is 6.35. The van der Waals surface area contributed by atoms with Gasteiger partial charge in [0.25, 0.3) is 0 Å². The third-order valence-electron chi connectivity index (χ3n) is 4.43. The van der Waals surface area contributed by atoms with Gasteiger partial charge >= 0.3 is 6.03 Å². The van der Waals surface area contributed by atoms with Crippen molar-refractivity contribution >= 4 is 17.4 Å². The smallest absolute Gasteiger partial charge is 0.319 e. The normalized spacial score (nSPS) is 21.0.